The molecule has 2 rings (SSSR count). The first-order chi connectivity index (χ1) is 10.1. The quantitative estimate of drug-likeness (QED) is 0.640. The van der Waals surface area contributed by atoms with Crippen LogP contribution in [0.5, 0.6) is 0 Å². The monoisotopic (exact) mass is 295 g/mol. The standard InChI is InChI=1S/C14H21N3O4/c1-2-15-10-12(17(20)21)9-13(15)14(19)16(7-8-18)11-5-3-4-6-11/h9-11,18H,2-8H2,1H3. The minimum absolute atomic E-state index is 0.0735. The number of amides is 1. The second-order valence-corrected chi connectivity index (χ2v) is 5.29. The van der Waals surface area contributed by atoms with E-state index in [9.17, 15) is 20.0 Å². The van der Waals surface area contributed by atoms with Gasteiger partial charge in [0.15, 0.2) is 0 Å². The Labute approximate surface area is 123 Å². The molecular formula is C14H21N3O4. The van der Waals surface area contributed by atoms with Crippen LogP contribution >= 0.6 is 0 Å². The number of aryl methyl sites for hydroxylation is 1. The second kappa shape index (κ2) is 6.71. The lowest BCUT2D eigenvalue weighted by Crippen LogP contribution is -2.41. The van der Waals surface area contributed by atoms with Crippen LogP contribution in [0.25, 0.3) is 0 Å². The summed E-state index contributed by atoms with van der Waals surface area (Å²) in [7, 11) is 0. The highest BCUT2D eigenvalue weighted by Crippen LogP contribution is 2.26. The maximum Gasteiger partial charge on any atom is 0.287 e. The molecule has 0 radical (unpaired) electrons. The van der Waals surface area contributed by atoms with Gasteiger partial charge >= 0.3 is 0 Å². The van der Waals surface area contributed by atoms with Crippen molar-refractivity contribution in [2.24, 2.45) is 0 Å². The summed E-state index contributed by atoms with van der Waals surface area (Å²) in [5, 5.41) is 20.1. The maximum absolute atomic E-state index is 12.7. The van der Waals surface area contributed by atoms with Crippen LogP contribution in [0.4, 0.5) is 5.69 Å². The lowest BCUT2D eigenvalue weighted by Gasteiger charge is -2.28. The van der Waals surface area contributed by atoms with Crippen molar-refractivity contribution in [1.82, 2.24) is 9.47 Å². The topological polar surface area (TPSA) is 88.6 Å². The fraction of sp³-hybridized carbons (Fsp3) is 0.643. The average molecular weight is 295 g/mol. The number of aromatic nitrogens is 1. The van der Waals surface area contributed by atoms with Gasteiger partial charge in [-0.15, -0.1) is 0 Å². The Bertz CT molecular complexity index is 520. The molecule has 21 heavy (non-hydrogen) atoms. The largest absolute Gasteiger partial charge is 0.395 e. The molecule has 1 fully saturated rings. The molecule has 0 aliphatic heterocycles. The number of rotatable bonds is 6. The van der Waals surface area contributed by atoms with Gasteiger partial charge in [-0.25, -0.2) is 0 Å². The molecule has 116 valence electrons. The Morgan fingerprint density at radius 3 is 2.71 bits per heavy atom. The molecule has 1 amide bonds. The van der Waals surface area contributed by atoms with Crippen molar-refractivity contribution in [3.8, 4) is 0 Å². The van der Waals surface area contributed by atoms with Gasteiger partial charge in [0.1, 0.15) is 5.69 Å². The molecule has 1 aliphatic rings. The van der Waals surface area contributed by atoms with Crippen molar-refractivity contribution in [2.45, 2.75) is 45.2 Å². The fourth-order valence-electron chi connectivity index (χ4n) is 2.96. The lowest BCUT2D eigenvalue weighted by molar-refractivity contribution is -0.384. The molecule has 1 aromatic rings. The zero-order valence-electron chi connectivity index (χ0n) is 12.2. The highest BCUT2D eigenvalue weighted by molar-refractivity contribution is 5.93. The molecule has 1 saturated carbocycles. The van der Waals surface area contributed by atoms with Gasteiger partial charge in [0.2, 0.25) is 0 Å². The van der Waals surface area contributed by atoms with Crippen molar-refractivity contribution >= 4 is 11.6 Å². The zero-order chi connectivity index (χ0) is 15.4. The van der Waals surface area contributed by atoms with Gasteiger partial charge in [-0.05, 0) is 19.8 Å². The molecule has 1 heterocycles. The molecule has 0 unspecified atom stereocenters. The molecule has 0 spiro atoms. The Morgan fingerprint density at radius 1 is 1.52 bits per heavy atom. The Hall–Kier alpha value is -1.89. The normalized spacial score (nSPS) is 15.3. The van der Waals surface area contributed by atoms with Crippen LogP contribution in [0.2, 0.25) is 0 Å². The smallest absolute Gasteiger partial charge is 0.287 e. The maximum atomic E-state index is 12.7. The van der Waals surface area contributed by atoms with Crippen molar-refractivity contribution in [2.75, 3.05) is 13.2 Å². The van der Waals surface area contributed by atoms with Gasteiger partial charge in [0.05, 0.1) is 17.7 Å². The van der Waals surface area contributed by atoms with Crippen LogP contribution in [0.1, 0.15) is 43.1 Å². The Kier molecular flexibility index (Phi) is 4.95. The summed E-state index contributed by atoms with van der Waals surface area (Å²) in [5.41, 5.74) is 0.250. The van der Waals surface area contributed by atoms with E-state index in [1.54, 1.807) is 9.47 Å². The van der Waals surface area contributed by atoms with Crippen LogP contribution < -0.4 is 0 Å². The number of hydrogen-bond acceptors (Lipinski definition) is 4. The van der Waals surface area contributed by atoms with Gasteiger partial charge in [-0.2, -0.15) is 0 Å². The molecule has 1 aromatic heterocycles. The molecule has 0 aromatic carbocycles. The van der Waals surface area contributed by atoms with Crippen molar-refractivity contribution in [1.29, 1.82) is 0 Å². The van der Waals surface area contributed by atoms with E-state index in [2.05, 4.69) is 0 Å². The Morgan fingerprint density at radius 2 is 2.19 bits per heavy atom. The van der Waals surface area contributed by atoms with Crippen molar-refractivity contribution in [3.63, 3.8) is 0 Å². The number of carbonyl (C=O) groups is 1. The molecule has 0 bridgehead atoms. The minimum Gasteiger partial charge on any atom is -0.395 e. The third-order valence-corrected chi connectivity index (χ3v) is 4.02. The fourth-order valence-corrected chi connectivity index (χ4v) is 2.96. The third kappa shape index (κ3) is 3.24. The lowest BCUT2D eigenvalue weighted by atomic mass is 10.2. The summed E-state index contributed by atoms with van der Waals surface area (Å²) in [6.45, 7) is 2.50. The summed E-state index contributed by atoms with van der Waals surface area (Å²) in [6.07, 6.45) is 5.41. The van der Waals surface area contributed by atoms with E-state index in [4.69, 9.17) is 0 Å². The number of nitro groups is 1. The van der Waals surface area contributed by atoms with E-state index < -0.39 is 4.92 Å². The van der Waals surface area contributed by atoms with E-state index in [0.717, 1.165) is 25.7 Å². The summed E-state index contributed by atoms with van der Waals surface area (Å²) < 4.78 is 1.60. The highest BCUT2D eigenvalue weighted by Gasteiger charge is 2.29. The zero-order valence-corrected chi connectivity index (χ0v) is 12.2. The number of nitrogens with zero attached hydrogens (tertiary/aromatic N) is 3. The van der Waals surface area contributed by atoms with E-state index >= 15 is 0 Å². The molecule has 7 nitrogen and oxygen atoms in total. The van der Waals surface area contributed by atoms with E-state index in [1.807, 2.05) is 6.92 Å². The molecule has 1 aliphatic carbocycles. The summed E-state index contributed by atoms with van der Waals surface area (Å²) in [4.78, 5) is 24.8. The van der Waals surface area contributed by atoms with Crippen LogP contribution in [-0.4, -0.2) is 44.6 Å². The highest BCUT2D eigenvalue weighted by atomic mass is 16.6. The average Bonchev–Trinajstić information content (AvgIpc) is 3.12. The predicted molar refractivity (Wildman–Crippen MR) is 77.1 cm³/mol. The van der Waals surface area contributed by atoms with E-state index in [-0.39, 0.29) is 30.8 Å². The van der Waals surface area contributed by atoms with Gasteiger partial charge in [-0.1, -0.05) is 12.8 Å². The van der Waals surface area contributed by atoms with Crippen molar-refractivity contribution in [3.05, 3.63) is 28.1 Å². The first-order valence-electron chi connectivity index (χ1n) is 7.34. The Balaban J connectivity index is 2.28. The van der Waals surface area contributed by atoms with E-state index in [1.165, 1.54) is 12.3 Å². The summed E-state index contributed by atoms with van der Waals surface area (Å²) in [6, 6.07) is 1.45. The molecule has 0 saturated heterocycles. The molecular weight excluding hydrogens is 274 g/mol. The van der Waals surface area contributed by atoms with Crippen molar-refractivity contribution < 1.29 is 14.8 Å². The van der Waals surface area contributed by atoms with Crippen LogP contribution in [0.3, 0.4) is 0 Å². The first-order valence-corrected chi connectivity index (χ1v) is 7.34. The summed E-state index contributed by atoms with van der Waals surface area (Å²) >= 11 is 0. The van der Waals surface area contributed by atoms with E-state index in [0.29, 0.717) is 12.2 Å². The van der Waals surface area contributed by atoms with Crippen LogP contribution in [0, 0.1) is 10.1 Å². The number of aliphatic hydroxyl groups is 1. The number of carbonyl (C=O) groups excluding carboxylic acids is 1. The van der Waals surface area contributed by atoms with Gasteiger partial charge < -0.3 is 14.6 Å². The number of hydrogen-bond donors (Lipinski definition) is 1. The number of aliphatic hydroxyl groups excluding tert-OH is 1. The third-order valence-electron chi connectivity index (χ3n) is 4.02. The summed E-state index contributed by atoms with van der Waals surface area (Å²) in [5.74, 6) is -0.231. The SMILES string of the molecule is CCn1cc([N+](=O)[O-])cc1C(=O)N(CCO)C1CCCC1. The minimum atomic E-state index is -0.491. The van der Waals surface area contributed by atoms with Gasteiger partial charge in [0, 0.05) is 25.2 Å². The predicted octanol–water partition coefficient (Wildman–Crippen LogP) is 1.79. The molecule has 1 N–H and O–H groups in total. The molecule has 7 heteroatoms. The second-order valence-electron chi connectivity index (χ2n) is 5.29. The van der Waals surface area contributed by atoms with Gasteiger partial charge in [-0.3, -0.25) is 14.9 Å². The van der Waals surface area contributed by atoms with Gasteiger partial charge in [0.25, 0.3) is 11.6 Å². The van der Waals surface area contributed by atoms with Crippen LogP contribution in [0.15, 0.2) is 12.3 Å². The van der Waals surface area contributed by atoms with Crippen LogP contribution in [-0.2, 0) is 6.54 Å². The first kappa shape index (κ1) is 15.5. The molecule has 0 atom stereocenters.